The predicted octanol–water partition coefficient (Wildman–Crippen LogP) is 2.96. The Bertz CT molecular complexity index is 668. The van der Waals surface area contributed by atoms with Gasteiger partial charge in [0.25, 0.3) is 0 Å². The predicted molar refractivity (Wildman–Crippen MR) is 114 cm³/mol. The SMILES string of the molecule is CN=C(NCCCn1nc(C)cc1C)NCCc1ccc(Cl)nc1.I. The molecule has 0 radical (unpaired) electrons. The van der Waals surface area contributed by atoms with E-state index in [9.17, 15) is 0 Å². The Morgan fingerprint density at radius 1 is 1.24 bits per heavy atom. The number of hydrogen-bond acceptors (Lipinski definition) is 3. The second kappa shape index (κ2) is 11.3. The Kier molecular flexibility index (Phi) is 9.81. The molecule has 0 amide bonds. The molecule has 25 heavy (non-hydrogen) atoms. The fourth-order valence-corrected chi connectivity index (χ4v) is 2.55. The lowest BCUT2D eigenvalue weighted by atomic mass is 10.2. The molecular weight excluding hydrogens is 451 g/mol. The lowest BCUT2D eigenvalue weighted by Gasteiger charge is -2.12. The molecule has 0 saturated heterocycles. The third-order valence-electron chi connectivity index (χ3n) is 3.66. The van der Waals surface area contributed by atoms with E-state index in [0.717, 1.165) is 49.7 Å². The number of aromatic nitrogens is 3. The standard InChI is InChI=1S/C17H25ClN6.HI/c1-13-11-14(2)24(23-13)10-4-8-20-17(19-3)21-9-7-15-5-6-16(18)22-12-15;/h5-6,11-12H,4,7-10H2,1-3H3,(H2,19,20,21);1H. The summed E-state index contributed by atoms with van der Waals surface area (Å²) in [7, 11) is 1.78. The highest BCUT2D eigenvalue weighted by atomic mass is 127. The quantitative estimate of drug-likeness (QED) is 0.212. The van der Waals surface area contributed by atoms with E-state index in [1.54, 1.807) is 13.2 Å². The third kappa shape index (κ3) is 7.60. The highest BCUT2D eigenvalue weighted by Crippen LogP contribution is 2.05. The number of guanidine groups is 1. The van der Waals surface area contributed by atoms with Crippen LogP contribution in [-0.2, 0) is 13.0 Å². The number of halogens is 2. The van der Waals surface area contributed by atoms with Crippen LogP contribution < -0.4 is 10.6 Å². The average molecular weight is 477 g/mol. The van der Waals surface area contributed by atoms with Gasteiger partial charge in [-0.25, -0.2) is 4.98 Å². The van der Waals surface area contributed by atoms with Gasteiger partial charge in [-0.05, 0) is 44.4 Å². The molecule has 8 heteroatoms. The summed E-state index contributed by atoms with van der Waals surface area (Å²) in [6.45, 7) is 6.64. The first-order chi connectivity index (χ1) is 11.6. The maximum absolute atomic E-state index is 5.78. The van der Waals surface area contributed by atoms with Gasteiger partial charge in [0.2, 0.25) is 0 Å². The molecule has 0 aliphatic carbocycles. The molecule has 0 saturated carbocycles. The van der Waals surface area contributed by atoms with Crippen LogP contribution in [0.2, 0.25) is 5.15 Å². The van der Waals surface area contributed by atoms with E-state index < -0.39 is 0 Å². The first-order valence-electron chi connectivity index (χ1n) is 8.14. The minimum atomic E-state index is 0. The van der Waals surface area contributed by atoms with Crippen LogP contribution >= 0.6 is 35.6 Å². The van der Waals surface area contributed by atoms with Crippen molar-refractivity contribution in [1.82, 2.24) is 25.4 Å². The molecule has 2 aromatic rings. The Labute approximate surface area is 171 Å². The molecule has 0 unspecified atom stereocenters. The molecule has 2 heterocycles. The minimum absolute atomic E-state index is 0. The second-order valence-electron chi connectivity index (χ2n) is 5.67. The molecule has 0 spiro atoms. The Balaban J connectivity index is 0.00000312. The van der Waals surface area contributed by atoms with E-state index in [1.165, 1.54) is 5.69 Å². The van der Waals surface area contributed by atoms with Gasteiger partial charge in [0.1, 0.15) is 5.15 Å². The van der Waals surface area contributed by atoms with Crippen molar-refractivity contribution in [3.63, 3.8) is 0 Å². The second-order valence-corrected chi connectivity index (χ2v) is 6.06. The fourth-order valence-electron chi connectivity index (χ4n) is 2.44. The van der Waals surface area contributed by atoms with E-state index in [2.05, 4.69) is 38.7 Å². The topological polar surface area (TPSA) is 67.1 Å². The lowest BCUT2D eigenvalue weighted by molar-refractivity contribution is 0.555. The van der Waals surface area contributed by atoms with Crippen LogP contribution in [0.5, 0.6) is 0 Å². The van der Waals surface area contributed by atoms with Crippen molar-refractivity contribution in [1.29, 1.82) is 0 Å². The largest absolute Gasteiger partial charge is 0.356 e. The normalized spacial score (nSPS) is 11.1. The molecule has 0 aliphatic heterocycles. The Morgan fingerprint density at radius 3 is 2.60 bits per heavy atom. The van der Waals surface area contributed by atoms with E-state index >= 15 is 0 Å². The number of aryl methyl sites for hydroxylation is 3. The van der Waals surface area contributed by atoms with Crippen molar-refractivity contribution < 1.29 is 0 Å². The smallest absolute Gasteiger partial charge is 0.190 e. The zero-order valence-corrected chi connectivity index (χ0v) is 18.0. The molecule has 138 valence electrons. The third-order valence-corrected chi connectivity index (χ3v) is 3.88. The lowest BCUT2D eigenvalue weighted by Crippen LogP contribution is -2.39. The molecule has 0 atom stereocenters. The summed E-state index contributed by atoms with van der Waals surface area (Å²) in [6, 6.07) is 5.89. The van der Waals surface area contributed by atoms with Crippen molar-refractivity contribution in [2.24, 2.45) is 4.99 Å². The van der Waals surface area contributed by atoms with Crippen molar-refractivity contribution in [3.05, 3.63) is 46.5 Å². The maximum atomic E-state index is 5.78. The zero-order chi connectivity index (χ0) is 17.4. The molecule has 0 fully saturated rings. The van der Waals surface area contributed by atoms with Crippen molar-refractivity contribution >= 4 is 41.5 Å². The van der Waals surface area contributed by atoms with Crippen LogP contribution in [0.25, 0.3) is 0 Å². The van der Waals surface area contributed by atoms with Gasteiger partial charge < -0.3 is 10.6 Å². The van der Waals surface area contributed by atoms with E-state index in [4.69, 9.17) is 11.6 Å². The summed E-state index contributed by atoms with van der Waals surface area (Å²) in [5.74, 6) is 0.810. The molecule has 2 N–H and O–H groups in total. The van der Waals surface area contributed by atoms with Gasteiger partial charge in [-0.1, -0.05) is 17.7 Å². The van der Waals surface area contributed by atoms with E-state index in [1.807, 2.05) is 23.7 Å². The molecule has 6 nitrogen and oxygen atoms in total. The van der Waals surface area contributed by atoms with Crippen LogP contribution in [-0.4, -0.2) is 40.9 Å². The van der Waals surface area contributed by atoms with Gasteiger partial charge in [0.05, 0.1) is 5.69 Å². The van der Waals surface area contributed by atoms with E-state index in [0.29, 0.717) is 5.15 Å². The Hall–Kier alpha value is -1.35. The number of nitrogens with one attached hydrogen (secondary N) is 2. The number of hydrogen-bond donors (Lipinski definition) is 2. The molecule has 2 rings (SSSR count). The van der Waals surface area contributed by atoms with Gasteiger partial charge >= 0.3 is 0 Å². The van der Waals surface area contributed by atoms with Crippen LogP contribution in [0.15, 0.2) is 29.4 Å². The maximum Gasteiger partial charge on any atom is 0.190 e. The number of pyridine rings is 1. The van der Waals surface area contributed by atoms with Crippen molar-refractivity contribution in [2.75, 3.05) is 20.1 Å². The van der Waals surface area contributed by atoms with Gasteiger partial charge in [0.15, 0.2) is 5.96 Å². The summed E-state index contributed by atoms with van der Waals surface area (Å²) in [5, 5.41) is 11.6. The van der Waals surface area contributed by atoms with Gasteiger partial charge in [-0.3, -0.25) is 9.67 Å². The van der Waals surface area contributed by atoms with Crippen LogP contribution in [0.4, 0.5) is 0 Å². The average Bonchev–Trinajstić information content (AvgIpc) is 2.89. The minimum Gasteiger partial charge on any atom is -0.356 e. The van der Waals surface area contributed by atoms with Gasteiger partial charge in [0, 0.05) is 38.6 Å². The van der Waals surface area contributed by atoms with Crippen molar-refractivity contribution in [3.8, 4) is 0 Å². The Morgan fingerprint density at radius 2 is 2.00 bits per heavy atom. The van der Waals surface area contributed by atoms with Crippen molar-refractivity contribution in [2.45, 2.75) is 33.2 Å². The number of nitrogens with zero attached hydrogens (tertiary/aromatic N) is 4. The summed E-state index contributed by atoms with van der Waals surface area (Å²) in [4.78, 5) is 8.31. The summed E-state index contributed by atoms with van der Waals surface area (Å²) >= 11 is 5.78. The van der Waals surface area contributed by atoms with E-state index in [-0.39, 0.29) is 24.0 Å². The summed E-state index contributed by atoms with van der Waals surface area (Å²) in [5.41, 5.74) is 3.41. The van der Waals surface area contributed by atoms with Crippen LogP contribution in [0, 0.1) is 13.8 Å². The number of aliphatic imine (C=N–C) groups is 1. The highest BCUT2D eigenvalue weighted by molar-refractivity contribution is 14.0. The van der Waals surface area contributed by atoms with Crippen LogP contribution in [0.3, 0.4) is 0 Å². The molecule has 2 aromatic heterocycles. The first kappa shape index (κ1) is 21.7. The summed E-state index contributed by atoms with van der Waals surface area (Å²) < 4.78 is 2.04. The molecular formula is C17H26ClIN6. The molecule has 0 aliphatic rings. The monoisotopic (exact) mass is 476 g/mol. The first-order valence-corrected chi connectivity index (χ1v) is 8.52. The van der Waals surface area contributed by atoms with Gasteiger partial charge in [-0.15, -0.1) is 24.0 Å². The van der Waals surface area contributed by atoms with Gasteiger partial charge in [-0.2, -0.15) is 5.10 Å². The summed E-state index contributed by atoms with van der Waals surface area (Å²) in [6.07, 6.45) is 3.66. The number of rotatable bonds is 7. The van der Waals surface area contributed by atoms with Crippen LogP contribution in [0.1, 0.15) is 23.4 Å². The molecule has 0 bridgehead atoms. The zero-order valence-electron chi connectivity index (χ0n) is 14.9. The highest BCUT2D eigenvalue weighted by Gasteiger charge is 2.01. The molecule has 0 aromatic carbocycles. The fraction of sp³-hybridized carbons (Fsp3) is 0.471.